The molecule has 8 heteroatoms. The van der Waals surface area contributed by atoms with Crippen LogP contribution in [-0.4, -0.2) is 52.8 Å². The van der Waals surface area contributed by atoms with Crippen LogP contribution in [0.25, 0.3) is 0 Å². The number of nitrogens with one attached hydrogen (secondary N) is 1. The van der Waals surface area contributed by atoms with Gasteiger partial charge in [-0.2, -0.15) is 5.26 Å². The number of thioether (sulfide) groups is 1. The van der Waals surface area contributed by atoms with Gasteiger partial charge in [0.1, 0.15) is 0 Å². The number of nitrogens with zero attached hydrogens (tertiary/aromatic N) is 5. The standard InChI is InChI=1S/C12H22N6OS/c1-12(2,10-13)4-9-20-11-15-16-17-18(11)7-5-14-6-8-19-3/h14H,4-9H2,1-3H3. The lowest BCUT2D eigenvalue weighted by molar-refractivity contribution is 0.199. The Bertz CT molecular complexity index is 428. The molecular formula is C12H22N6OS. The van der Waals surface area contributed by atoms with Crippen molar-refractivity contribution in [2.45, 2.75) is 32.0 Å². The first-order valence-electron chi connectivity index (χ1n) is 6.59. The average Bonchev–Trinajstić information content (AvgIpc) is 2.86. The molecule has 0 aromatic carbocycles. The van der Waals surface area contributed by atoms with Gasteiger partial charge in [0, 0.05) is 26.0 Å². The summed E-state index contributed by atoms with van der Waals surface area (Å²) in [5, 5.41) is 24.7. The molecule has 112 valence electrons. The van der Waals surface area contributed by atoms with Crippen molar-refractivity contribution in [1.82, 2.24) is 25.5 Å². The van der Waals surface area contributed by atoms with Crippen LogP contribution in [0.1, 0.15) is 20.3 Å². The molecule has 7 nitrogen and oxygen atoms in total. The summed E-state index contributed by atoms with van der Waals surface area (Å²) in [5.74, 6) is 0.831. The van der Waals surface area contributed by atoms with E-state index in [9.17, 15) is 0 Å². The first kappa shape index (κ1) is 16.9. The summed E-state index contributed by atoms with van der Waals surface area (Å²) in [6.07, 6.45) is 0.813. The summed E-state index contributed by atoms with van der Waals surface area (Å²) in [5.41, 5.74) is -0.299. The van der Waals surface area contributed by atoms with E-state index < -0.39 is 0 Å². The van der Waals surface area contributed by atoms with Crippen LogP contribution in [-0.2, 0) is 11.3 Å². The minimum absolute atomic E-state index is 0.299. The maximum absolute atomic E-state index is 8.97. The first-order chi connectivity index (χ1) is 9.59. The van der Waals surface area contributed by atoms with Crippen LogP contribution in [0, 0.1) is 16.7 Å². The number of rotatable bonds is 10. The lowest BCUT2D eigenvalue weighted by Gasteiger charge is -2.13. The highest BCUT2D eigenvalue weighted by atomic mass is 32.2. The SMILES string of the molecule is COCCNCCn1nnnc1SCCC(C)(C)C#N. The van der Waals surface area contributed by atoms with Crippen LogP contribution in [0.5, 0.6) is 0 Å². The molecule has 0 spiro atoms. The normalized spacial score (nSPS) is 11.5. The summed E-state index contributed by atoms with van der Waals surface area (Å²) < 4.78 is 6.74. The van der Waals surface area contributed by atoms with Crippen LogP contribution in [0.15, 0.2) is 5.16 Å². The first-order valence-corrected chi connectivity index (χ1v) is 7.57. The van der Waals surface area contributed by atoms with E-state index in [1.807, 2.05) is 13.8 Å². The van der Waals surface area contributed by atoms with Gasteiger partial charge in [-0.15, -0.1) is 5.10 Å². The second-order valence-corrected chi connectivity index (χ2v) is 6.08. The Balaban J connectivity index is 2.30. The van der Waals surface area contributed by atoms with E-state index in [2.05, 4.69) is 26.9 Å². The topological polar surface area (TPSA) is 88.7 Å². The minimum Gasteiger partial charge on any atom is -0.383 e. The molecule has 1 rings (SSSR count). The van der Waals surface area contributed by atoms with Crippen molar-refractivity contribution in [3.63, 3.8) is 0 Å². The van der Waals surface area contributed by atoms with Crippen molar-refractivity contribution in [2.75, 3.05) is 32.6 Å². The number of hydrogen-bond acceptors (Lipinski definition) is 7. The van der Waals surface area contributed by atoms with Crippen molar-refractivity contribution in [3.05, 3.63) is 0 Å². The molecular weight excluding hydrogens is 276 g/mol. The summed E-state index contributed by atoms with van der Waals surface area (Å²) in [7, 11) is 1.68. The van der Waals surface area contributed by atoms with Crippen molar-refractivity contribution in [2.24, 2.45) is 5.41 Å². The molecule has 0 aliphatic rings. The smallest absolute Gasteiger partial charge is 0.209 e. The maximum Gasteiger partial charge on any atom is 0.209 e. The highest BCUT2D eigenvalue weighted by Crippen LogP contribution is 2.24. The zero-order chi connectivity index (χ0) is 14.8. The van der Waals surface area contributed by atoms with Crippen molar-refractivity contribution < 1.29 is 4.74 Å². The molecule has 1 heterocycles. The Morgan fingerprint density at radius 2 is 2.25 bits per heavy atom. The number of hydrogen-bond donors (Lipinski definition) is 1. The molecule has 1 aromatic rings. The molecule has 0 amide bonds. The van der Waals surface area contributed by atoms with E-state index in [0.29, 0.717) is 6.61 Å². The third-order valence-corrected chi connectivity index (χ3v) is 3.70. The third kappa shape index (κ3) is 6.32. The molecule has 0 saturated carbocycles. The number of ether oxygens (including phenoxy) is 1. The fraction of sp³-hybridized carbons (Fsp3) is 0.833. The monoisotopic (exact) mass is 298 g/mol. The number of tetrazole rings is 1. The molecule has 1 N–H and O–H groups in total. The van der Waals surface area contributed by atoms with Gasteiger partial charge in [0.2, 0.25) is 5.16 Å². The van der Waals surface area contributed by atoms with Gasteiger partial charge in [0.25, 0.3) is 0 Å². The average molecular weight is 298 g/mol. The summed E-state index contributed by atoms with van der Waals surface area (Å²) in [6, 6.07) is 2.30. The second kappa shape index (κ2) is 8.89. The Morgan fingerprint density at radius 3 is 2.95 bits per heavy atom. The maximum atomic E-state index is 8.97. The van der Waals surface area contributed by atoms with Gasteiger partial charge in [-0.25, -0.2) is 4.68 Å². The molecule has 0 saturated heterocycles. The fourth-order valence-corrected chi connectivity index (χ4v) is 2.54. The molecule has 0 aliphatic carbocycles. The Hall–Kier alpha value is -1.17. The lowest BCUT2D eigenvalue weighted by atomic mass is 9.93. The van der Waals surface area contributed by atoms with Crippen LogP contribution in [0.4, 0.5) is 0 Å². The van der Waals surface area contributed by atoms with Crippen molar-refractivity contribution in [3.8, 4) is 6.07 Å². The van der Waals surface area contributed by atoms with Gasteiger partial charge in [-0.05, 0) is 30.7 Å². The van der Waals surface area contributed by atoms with Crippen LogP contribution >= 0.6 is 11.8 Å². The number of methoxy groups -OCH3 is 1. The molecule has 0 radical (unpaired) electrons. The summed E-state index contributed by atoms with van der Waals surface area (Å²) in [6.45, 7) is 6.91. The van der Waals surface area contributed by atoms with Crippen molar-refractivity contribution >= 4 is 11.8 Å². The Labute approximate surface area is 124 Å². The highest BCUT2D eigenvalue weighted by molar-refractivity contribution is 7.99. The van der Waals surface area contributed by atoms with Gasteiger partial charge in [0.05, 0.1) is 24.6 Å². The Morgan fingerprint density at radius 1 is 1.45 bits per heavy atom. The zero-order valence-corrected chi connectivity index (χ0v) is 13.1. The molecule has 0 unspecified atom stereocenters. The van der Waals surface area contributed by atoms with Crippen LogP contribution in [0.2, 0.25) is 0 Å². The van der Waals surface area contributed by atoms with Gasteiger partial charge in [-0.3, -0.25) is 0 Å². The zero-order valence-electron chi connectivity index (χ0n) is 12.3. The van der Waals surface area contributed by atoms with Gasteiger partial charge < -0.3 is 10.1 Å². The van der Waals surface area contributed by atoms with E-state index in [4.69, 9.17) is 10.00 Å². The van der Waals surface area contributed by atoms with Gasteiger partial charge in [-0.1, -0.05) is 11.8 Å². The van der Waals surface area contributed by atoms with E-state index in [0.717, 1.165) is 37.0 Å². The van der Waals surface area contributed by atoms with Crippen molar-refractivity contribution in [1.29, 1.82) is 5.26 Å². The summed E-state index contributed by atoms with van der Waals surface area (Å²) in [4.78, 5) is 0. The van der Waals surface area contributed by atoms with E-state index in [1.165, 1.54) is 0 Å². The van der Waals surface area contributed by atoms with Gasteiger partial charge >= 0.3 is 0 Å². The highest BCUT2D eigenvalue weighted by Gasteiger charge is 2.17. The predicted molar refractivity (Wildman–Crippen MR) is 77.3 cm³/mol. The number of nitriles is 1. The van der Waals surface area contributed by atoms with Crippen LogP contribution < -0.4 is 5.32 Å². The van der Waals surface area contributed by atoms with E-state index in [-0.39, 0.29) is 5.41 Å². The quantitative estimate of drug-likeness (QED) is 0.508. The molecule has 20 heavy (non-hydrogen) atoms. The molecule has 1 aromatic heterocycles. The minimum atomic E-state index is -0.299. The fourth-order valence-electron chi connectivity index (χ4n) is 1.38. The molecule has 0 fully saturated rings. The van der Waals surface area contributed by atoms with E-state index >= 15 is 0 Å². The van der Waals surface area contributed by atoms with Gasteiger partial charge in [0.15, 0.2) is 0 Å². The molecule has 0 bridgehead atoms. The summed E-state index contributed by atoms with van der Waals surface area (Å²) >= 11 is 1.59. The molecule has 0 atom stereocenters. The Kier molecular flexibility index (Phi) is 7.51. The predicted octanol–water partition coefficient (Wildman–Crippen LogP) is 0.941. The molecule has 0 aliphatic heterocycles. The third-order valence-electron chi connectivity index (χ3n) is 2.74. The lowest BCUT2D eigenvalue weighted by Crippen LogP contribution is -2.24. The number of aromatic nitrogens is 4. The second-order valence-electron chi connectivity index (χ2n) is 5.02. The largest absolute Gasteiger partial charge is 0.383 e. The van der Waals surface area contributed by atoms with E-state index in [1.54, 1.807) is 23.6 Å². The van der Waals surface area contributed by atoms with Crippen LogP contribution in [0.3, 0.4) is 0 Å².